The number of nitrogens with one attached hydrogen (secondary N) is 1. The Morgan fingerprint density at radius 3 is 2.61 bits per heavy atom. The van der Waals surface area contributed by atoms with Gasteiger partial charge in [-0.3, -0.25) is 4.79 Å². The minimum Gasteiger partial charge on any atom is -0.368 e. The maximum absolute atomic E-state index is 12.9. The van der Waals surface area contributed by atoms with Crippen LogP contribution in [-0.2, 0) is 11.3 Å². The fraction of sp³-hybridized carbons (Fsp3) is 0.250. The van der Waals surface area contributed by atoms with Crippen LogP contribution in [0.3, 0.4) is 0 Å². The third-order valence-electron chi connectivity index (χ3n) is 2.13. The van der Waals surface area contributed by atoms with Gasteiger partial charge in [0.05, 0.1) is 0 Å². The van der Waals surface area contributed by atoms with Crippen LogP contribution < -0.4 is 5.32 Å². The molecule has 1 N–H and O–H groups in total. The fourth-order valence-electron chi connectivity index (χ4n) is 1.13. The van der Waals surface area contributed by atoms with Crippen molar-refractivity contribution in [3.63, 3.8) is 0 Å². The SMILES string of the molecule is CN(C)/C(Cl)=C\C(=O)NCc1ccc(F)c(F)c1. The molecular weight excluding hydrogens is 262 g/mol. The quantitative estimate of drug-likeness (QED) is 0.674. The molecular formula is C12H13ClF2N2O. The summed E-state index contributed by atoms with van der Waals surface area (Å²) in [6.07, 6.45) is 1.21. The minimum atomic E-state index is -0.941. The second-order valence-corrected chi connectivity index (χ2v) is 4.22. The Morgan fingerprint density at radius 1 is 1.39 bits per heavy atom. The van der Waals surface area contributed by atoms with Crippen molar-refractivity contribution in [1.29, 1.82) is 0 Å². The zero-order valence-electron chi connectivity index (χ0n) is 10.0. The van der Waals surface area contributed by atoms with Crippen molar-refractivity contribution in [2.75, 3.05) is 14.1 Å². The van der Waals surface area contributed by atoms with Gasteiger partial charge in [0.25, 0.3) is 0 Å². The molecule has 18 heavy (non-hydrogen) atoms. The van der Waals surface area contributed by atoms with Gasteiger partial charge in [0.1, 0.15) is 5.16 Å². The van der Waals surface area contributed by atoms with Crippen molar-refractivity contribution in [2.45, 2.75) is 6.54 Å². The van der Waals surface area contributed by atoms with E-state index in [9.17, 15) is 13.6 Å². The number of benzene rings is 1. The van der Waals surface area contributed by atoms with Gasteiger partial charge in [-0.25, -0.2) is 8.78 Å². The van der Waals surface area contributed by atoms with Crippen LogP contribution >= 0.6 is 11.6 Å². The van der Waals surface area contributed by atoms with E-state index < -0.39 is 17.5 Å². The van der Waals surface area contributed by atoms with Gasteiger partial charge < -0.3 is 10.2 Å². The van der Waals surface area contributed by atoms with E-state index in [0.29, 0.717) is 5.56 Å². The number of nitrogens with zero attached hydrogens (tertiary/aromatic N) is 1. The molecule has 1 amide bonds. The minimum absolute atomic E-state index is 0.101. The lowest BCUT2D eigenvalue weighted by Gasteiger charge is -2.10. The molecule has 6 heteroatoms. The smallest absolute Gasteiger partial charge is 0.247 e. The molecule has 3 nitrogen and oxygen atoms in total. The second-order valence-electron chi connectivity index (χ2n) is 3.83. The monoisotopic (exact) mass is 274 g/mol. The summed E-state index contributed by atoms with van der Waals surface area (Å²) in [5.41, 5.74) is 0.469. The summed E-state index contributed by atoms with van der Waals surface area (Å²) in [5.74, 6) is -2.26. The predicted molar refractivity (Wildman–Crippen MR) is 65.8 cm³/mol. The van der Waals surface area contributed by atoms with Gasteiger partial charge >= 0.3 is 0 Å². The fourth-order valence-corrected chi connectivity index (χ4v) is 1.23. The molecule has 1 rings (SSSR count). The number of amides is 1. The van der Waals surface area contributed by atoms with E-state index in [-0.39, 0.29) is 11.7 Å². The third kappa shape index (κ3) is 4.33. The van der Waals surface area contributed by atoms with Crippen LogP contribution in [0, 0.1) is 11.6 Å². The highest BCUT2D eigenvalue weighted by atomic mass is 35.5. The average molecular weight is 275 g/mol. The highest BCUT2D eigenvalue weighted by Crippen LogP contribution is 2.08. The molecule has 0 unspecified atom stereocenters. The second kappa shape index (κ2) is 6.35. The molecule has 0 aliphatic heterocycles. The summed E-state index contributed by atoms with van der Waals surface area (Å²) in [5, 5.41) is 2.79. The normalized spacial score (nSPS) is 11.3. The highest BCUT2D eigenvalue weighted by Gasteiger charge is 2.04. The molecule has 0 aromatic heterocycles. The van der Waals surface area contributed by atoms with Crippen molar-refractivity contribution < 1.29 is 13.6 Å². The lowest BCUT2D eigenvalue weighted by Crippen LogP contribution is -2.22. The van der Waals surface area contributed by atoms with Gasteiger partial charge in [-0.2, -0.15) is 0 Å². The predicted octanol–water partition coefficient (Wildman–Crippen LogP) is 2.22. The first-order chi connectivity index (χ1) is 8.40. The molecule has 0 atom stereocenters. The maximum Gasteiger partial charge on any atom is 0.247 e. The topological polar surface area (TPSA) is 32.3 Å². The zero-order valence-corrected chi connectivity index (χ0v) is 10.8. The first kappa shape index (κ1) is 14.4. The van der Waals surface area contributed by atoms with E-state index in [1.165, 1.54) is 12.1 Å². The highest BCUT2D eigenvalue weighted by molar-refractivity contribution is 6.30. The van der Waals surface area contributed by atoms with Crippen LogP contribution in [-0.4, -0.2) is 24.9 Å². The van der Waals surface area contributed by atoms with E-state index >= 15 is 0 Å². The van der Waals surface area contributed by atoms with Gasteiger partial charge in [0, 0.05) is 26.7 Å². The van der Waals surface area contributed by atoms with Gasteiger partial charge in [0.2, 0.25) is 5.91 Å². The van der Waals surface area contributed by atoms with Crippen molar-refractivity contribution in [3.8, 4) is 0 Å². The Bertz CT molecular complexity index is 475. The van der Waals surface area contributed by atoms with E-state index in [2.05, 4.69) is 5.32 Å². The van der Waals surface area contributed by atoms with E-state index in [1.807, 2.05) is 0 Å². The number of hydrogen-bond donors (Lipinski definition) is 1. The first-order valence-corrected chi connectivity index (χ1v) is 5.54. The molecule has 0 fully saturated rings. The summed E-state index contributed by atoms with van der Waals surface area (Å²) in [6.45, 7) is 0.101. The van der Waals surface area contributed by atoms with Crippen LogP contribution in [0.15, 0.2) is 29.4 Å². The molecule has 0 heterocycles. The Morgan fingerprint density at radius 2 is 2.06 bits per heavy atom. The molecule has 0 radical (unpaired) electrons. The zero-order chi connectivity index (χ0) is 13.7. The van der Waals surface area contributed by atoms with Gasteiger partial charge in [0.15, 0.2) is 11.6 Å². The van der Waals surface area contributed by atoms with Crippen LogP contribution in [0.5, 0.6) is 0 Å². The van der Waals surface area contributed by atoms with Crippen LogP contribution in [0.25, 0.3) is 0 Å². The molecule has 1 aromatic carbocycles. The van der Waals surface area contributed by atoms with Crippen LogP contribution in [0.4, 0.5) is 8.78 Å². The summed E-state index contributed by atoms with van der Waals surface area (Å²) < 4.78 is 25.6. The Hall–Kier alpha value is -1.62. The Kier molecular flexibility index (Phi) is 5.09. The molecule has 0 spiro atoms. The molecule has 0 bridgehead atoms. The lowest BCUT2D eigenvalue weighted by molar-refractivity contribution is -0.116. The molecule has 98 valence electrons. The molecule has 0 saturated carbocycles. The van der Waals surface area contributed by atoms with Crippen molar-refractivity contribution >= 4 is 17.5 Å². The van der Waals surface area contributed by atoms with Crippen molar-refractivity contribution in [2.24, 2.45) is 0 Å². The first-order valence-electron chi connectivity index (χ1n) is 5.16. The van der Waals surface area contributed by atoms with Gasteiger partial charge in [-0.1, -0.05) is 17.7 Å². The van der Waals surface area contributed by atoms with Crippen molar-refractivity contribution in [1.82, 2.24) is 10.2 Å². The summed E-state index contributed by atoms with van der Waals surface area (Å²) in [4.78, 5) is 13.0. The maximum atomic E-state index is 12.9. The number of halogens is 3. The Labute approximate surface area is 109 Å². The lowest BCUT2D eigenvalue weighted by atomic mass is 10.2. The van der Waals surface area contributed by atoms with E-state index in [4.69, 9.17) is 11.6 Å². The molecule has 1 aromatic rings. The largest absolute Gasteiger partial charge is 0.368 e. The summed E-state index contributed by atoms with van der Waals surface area (Å²) in [7, 11) is 3.39. The standard InChI is InChI=1S/C12H13ClF2N2O/c1-17(2)11(13)6-12(18)16-7-8-3-4-9(14)10(15)5-8/h3-6H,7H2,1-2H3,(H,16,18)/b11-6-. The molecule has 0 aliphatic rings. The van der Waals surface area contributed by atoms with E-state index in [1.54, 1.807) is 19.0 Å². The summed E-state index contributed by atoms with van der Waals surface area (Å²) >= 11 is 5.75. The van der Waals surface area contributed by atoms with Crippen LogP contribution in [0.2, 0.25) is 0 Å². The molecule has 0 saturated heterocycles. The number of rotatable bonds is 4. The number of carbonyl (C=O) groups excluding carboxylic acids is 1. The number of carbonyl (C=O) groups is 1. The average Bonchev–Trinajstić information content (AvgIpc) is 2.30. The van der Waals surface area contributed by atoms with Crippen molar-refractivity contribution in [3.05, 3.63) is 46.6 Å². The summed E-state index contributed by atoms with van der Waals surface area (Å²) in [6, 6.07) is 3.45. The Balaban J connectivity index is 2.58. The van der Waals surface area contributed by atoms with Crippen LogP contribution in [0.1, 0.15) is 5.56 Å². The number of hydrogen-bond acceptors (Lipinski definition) is 2. The van der Waals surface area contributed by atoms with Gasteiger partial charge in [-0.15, -0.1) is 0 Å². The third-order valence-corrected chi connectivity index (χ3v) is 2.58. The van der Waals surface area contributed by atoms with Gasteiger partial charge in [-0.05, 0) is 17.7 Å². The molecule has 0 aliphatic carbocycles. The van der Waals surface area contributed by atoms with E-state index in [0.717, 1.165) is 12.1 Å².